The molecule has 0 aliphatic carbocycles. The largest absolute Gasteiger partial charge is 0.478 e. The zero-order valence-corrected chi connectivity index (χ0v) is 11.5. The number of aromatic carboxylic acids is 1. The van der Waals surface area contributed by atoms with E-state index in [1.165, 1.54) is 12.1 Å². The summed E-state index contributed by atoms with van der Waals surface area (Å²) < 4.78 is 0. The van der Waals surface area contributed by atoms with Gasteiger partial charge in [0.2, 0.25) is 11.8 Å². The Labute approximate surface area is 117 Å². The van der Waals surface area contributed by atoms with Crippen LogP contribution in [0.1, 0.15) is 35.7 Å². The second-order valence-corrected chi connectivity index (χ2v) is 4.41. The minimum absolute atomic E-state index is 0.0981. The Morgan fingerprint density at radius 1 is 1.20 bits per heavy atom. The summed E-state index contributed by atoms with van der Waals surface area (Å²) in [6.45, 7) is 3.51. The number of hydrogen-bond donors (Lipinski definition) is 3. The Hall–Kier alpha value is -2.37. The van der Waals surface area contributed by atoms with Crippen LogP contribution in [0.15, 0.2) is 18.2 Å². The van der Waals surface area contributed by atoms with E-state index in [-0.39, 0.29) is 23.9 Å². The van der Waals surface area contributed by atoms with Crippen molar-refractivity contribution >= 4 is 23.5 Å². The maximum Gasteiger partial charge on any atom is 0.335 e. The molecule has 0 bridgehead atoms. The van der Waals surface area contributed by atoms with Crippen molar-refractivity contribution in [3.8, 4) is 0 Å². The molecule has 0 unspecified atom stereocenters. The first-order valence-electron chi connectivity index (χ1n) is 6.34. The Kier molecular flexibility index (Phi) is 5.71. The summed E-state index contributed by atoms with van der Waals surface area (Å²) in [5, 5.41) is 14.0. The first kappa shape index (κ1) is 15.7. The number of aryl methyl sites for hydroxylation is 1. The molecule has 0 heterocycles. The Bertz CT molecular complexity index is 526. The van der Waals surface area contributed by atoms with Crippen molar-refractivity contribution in [2.75, 3.05) is 11.9 Å². The molecule has 1 rings (SSSR count). The highest BCUT2D eigenvalue weighted by molar-refractivity contribution is 5.97. The van der Waals surface area contributed by atoms with Crippen LogP contribution in [0.4, 0.5) is 5.69 Å². The monoisotopic (exact) mass is 278 g/mol. The molecule has 0 aromatic heterocycles. The SMILES string of the molecule is CCCC(=O)NCC(=O)Nc1cc(C(=O)O)ccc1C. The highest BCUT2D eigenvalue weighted by Crippen LogP contribution is 2.16. The van der Waals surface area contributed by atoms with Gasteiger partial charge in [-0.1, -0.05) is 13.0 Å². The molecular weight excluding hydrogens is 260 g/mol. The van der Waals surface area contributed by atoms with Gasteiger partial charge in [-0.15, -0.1) is 0 Å². The van der Waals surface area contributed by atoms with Gasteiger partial charge in [-0.05, 0) is 31.0 Å². The predicted molar refractivity (Wildman–Crippen MR) is 74.7 cm³/mol. The van der Waals surface area contributed by atoms with Gasteiger partial charge in [-0.2, -0.15) is 0 Å². The second kappa shape index (κ2) is 7.28. The van der Waals surface area contributed by atoms with E-state index in [4.69, 9.17) is 5.11 Å². The van der Waals surface area contributed by atoms with E-state index in [1.54, 1.807) is 13.0 Å². The smallest absolute Gasteiger partial charge is 0.335 e. The van der Waals surface area contributed by atoms with Crippen molar-refractivity contribution in [1.82, 2.24) is 5.32 Å². The predicted octanol–water partition coefficient (Wildman–Crippen LogP) is 1.55. The lowest BCUT2D eigenvalue weighted by atomic mass is 10.1. The molecule has 0 aliphatic rings. The van der Waals surface area contributed by atoms with Gasteiger partial charge >= 0.3 is 5.97 Å². The molecule has 0 spiro atoms. The molecule has 6 heteroatoms. The number of anilines is 1. The highest BCUT2D eigenvalue weighted by Gasteiger charge is 2.09. The maximum atomic E-state index is 11.7. The van der Waals surface area contributed by atoms with E-state index in [9.17, 15) is 14.4 Å². The number of nitrogens with one attached hydrogen (secondary N) is 2. The van der Waals surface area contributed by atoms with E-state index in [0.717, 1.165) is 5.56 Å². The van der Waals surface area contributed by atoms with E-state index in [1.807, 2.05) is 6.92 Å². The third-order valence-corrected chi connectivity index (χ3v) is 2.68. The van der Waals surface area contributed by atoms with Gasteiger partial charge in [0.05, 0.1) is 12.1 Å². The summed E-state index contributed by atoms with van der Waals surface area (Å²) in [7, 11) is 0. The third kappa shape index (κ3) is 4.72. The van der Waals surface area contributed by atoms with Crippen molar-refractivity contribution in [2.45, 2.75) is 26.7 Å². The van der Waals surface area contributed by atoms with E-state index in [2.05, 4.69) is 10.6 Å². The highest BCUT2D eigenvalue weighted by atomic mass is 16.4. The fourth-order valence-electron chi connectivity index (χ4n) is 1.58. The lowest BCUT2D eigenvalue weighted by Gasteiger charge is -2.10. The van der Waals surface area contributed by atoms with Gasteiger partial charge in [0.1, 0.15) is 0 Å². The summed E-state index contributed by atoms with van der Waals surface area (Å²) in [6, 6.07) is 4.48. The van der Waals surface area contributed by atoms with Crippen LogP contribution in [-0.4, -0.2) is 29.4 Å². The molecular formula is C14H18N2O4. The number of carbonyl (C=O) groups excluding carboxylic acids is 2. The normalized spacial score (nSPS) is 9.90. The standard InChI is InChI=1S/C14H18N2O4/c1-3-4-12(17)15-8-13(18)16-11-7-10(14(19)20)6-5-9(11)2/h5-7H,3-4,8H2,1-2H3,(H,15,17)(H,16,18)(H,19,20). The summed E-state index contributed by atoms with van der Waals surface area (Å²) in [5.41, 5.74) is 1.28. The number of rotatable bonds is 6. The van der Waals surface area contributed by atoms with Gasteiger partial charge < -0.3 is 15.7 Å². The van der Waals surface area contributed by atoms with Gasteiger partial charge in [0.15, 0.2) is 0 Å². The number of hydrogen-bond acceptors (Lipinski definition) is 3. The lowest BCUT2D eigenvalue weighted by molar-refractivity contribution is -0.124. The molecule has 108 valence electrons. The molecule has 0 atom stereocenters. The molecule has 6 nitrogen and oxygen atoms in total. The van der Waals surface area contributed by atoms with Crippen LogP contribution < -0.4 is 10.6 Å². The third-order valence-electron chi connectivity index (χ3n) is 2.68. The zero-order valence-electron chi connectivity index (χ0n) is 11.5. The van der Waals surface area contributed by atoms with Gasteiger partial charge in [-0.3, -0.25) is 9.59 Å². The number of amides is 2. The van der Waals surface area contributed by atoms with Gasteiger partial charge in [0, 0.05) is 12.1 Å². The topological polar surface area (TPSA) is 95.5 Å². The molecule has 0 aliphatic heterocycles. The second-order valence-electron chi connectivity index (χ2n) is 4.41. The zero-order chi connectivity index (χ0) is 15.1. The maximum absolute atomic E-state index is 11.7. The number of carboxylic acid groups (broad SMARTS) is 1. The molecule has 0 radical (unpaired) electrons. The summed E-state index contributed by atoms with van der Waals surface area (Å²) >= 11 is 0. The number of benzene rings is 1. The quantitative estimate of drug-likeness (QED) is 0.735. The van der Waals surface area contributed by atoms with Crippen LogP contribution in [-0.2, 0) is 9.59 Å². The average Bonchev–Trinajstić information content (AvgIpc) is 2.39. The molecule has 1 aromatic carbocycles. The molecule has 2 amide bonds. The number of carboxylic acids is 1. The van der Waals surface area contributed by atoms with E-state index in [0.29, 0.717) is 18.5 Å². The van der Waals surface area contributed by atoms with Crippen LogP contribution in [0.3, 0.4) is 0 Å². The number of carbonyl (C=O) groups is 3. The van der Waals surface area contributed by atoms with Crippen LogP contribution in [0.5, 0.6) is 0 Å². The molecule has 20 heavy (non-hydrogen) atoms. The van der Waals surface area contributed by atoms with Crippen molar-refractivity contribution in [3.05, 3.63) is 29.3 Å². The van der Waals surface area contributed by atoms with Crippen LogP contribution in [0, 0.1) is 6.92 Å². The molecule has 3 N–H and O–H groups in total. The van der Waals surface area contributed by atoms with E-state index < -0.39 is 5.97 Å². The Balaban J connectivity index is 2.63. The van der Waals surface area contributed by atoms with Crippen molar-refractivity contribution in [2.24, 2.45) is 0 Å². The minimum Gasteiger partial charge on any atom is -0.478 e. The fourth-order valence-corrected chi connectivity index (χ4v) is 1.58. The van der Waals surface area contributed by atoms with Crippen LogP contribution in [0.2, 0.25) is 0 Å². The van der Waals surface area contributed by atoms with E-state index >= 15 is 0 Å². The first-order valence-corrected chi connectivity index (χ1v) is 6.34. The summed E-state index contributed by atoms with van der Waals surface area (Å²) in [4.78, 5) is 33.8. The molecule has 1 aromatic rings. The summed E-state index contributed by atoms with van der Waals surface area (Å²) in [5.74, 6) is -1.63. The van der Waals surface area contributed by atoms with Crippen molar-refractivity contribution in [1.29, 1.82) is 0 Å². The first-order chi connectivity index (χ1) is 9.43. The molecule has 0 fully saturated rings. The Morgan fingerprint density at radius 3 is 2.50 bits per heavy atom. The van der Waals surface area contributed by atoms with Gasteiger partial charge in [0.25, 0.3) is 0 Å². The van der Waals surface area contributed by atoms with Crippen molar-refractivity contribution in [3.63, 3.8) is 0 Å². The lowest BCUT2D eigenvalue weighted by Crippen LogP contribution is -2.32. The van der Waals surface area contributed by atoms with Gasteiger partial charge in [-0.25, -0.2) is 4.79 Å². The summed E-state index contributed by atoms with van der Waals surface area (Å²) in [6.07, 6.45) is 1.09. The molecule has 0 saturated heterocycles. The average molecular weight is 278 g/mol. The fraction of sp³-hybridized carbons (Fsp3) is 0.357. The van der Waals surface area contributed by atoms with Crippen molar-refractivity contribution < 1.29 is 19.5 Å². The minimum atomic E-state index is -1.06. The molecule has 0 saturated carbocycles. The van der Waals surface area contributed by atoms with Crippen LogP contribution in [0.25, 0.3) is 0 Å². The Morgan fingerprint density at radius 2 is 1.90 bits per heavy atom. The van der Waals surface area contributed by atoms with Crippen LogP contribution >= 0.6 is 0 Å².